The molecule has 0 heterocycles. The molecule has 0 radical (unpaired) electrons. The lowest BCUT2D eigenvalue weighted by Crippen LogP contribution is -2.16. The monoisotopic (exact) mass is 378 g/mol. The zero-order chi connectivity index (χ0) is 19.9. The van der Waals surface area contributed by atoms with Gasteiger partial charge in [-0.2, -0.15) is 0 Å². The Morgan fingerprint density at radius 1 is 0.929 bits per heavy atom. The van der Waals surface area contributed by atoms with E-state index in [4.69, 9.17) is 4.74 Å². The third-order valence-electron chi connectivity index (χ3n) is 3.93. The summed E-state index contributed by atoms with van der Waals surface area (Å²) >= 11 is 0. The molecule has 2 N–H and O–H groups in total. The van der Waals surface area contributed by atoms with Crippen molar-refractivity contribution in [1.29, 1.82) is 0 Å². The Bertz CT molecular complexity index is 990. The second-order valence-electron chi connectivity index (χ2n) is 6.09. The van der Waals surface area contributed by atoms with Crippen LogP contribution in [0.1, 0.15) is 22.8 Å². The Balaban J connectivity index is 1.75. The molecular formula is C22H19FN2O3. The highest BCUT2D eigenvalue weighted by Gasteiger charge is 2.13. The fraction of sp³-hybridized carbons (Fsp3) is 0.0909. The maximum absolute atomic E-state index is 13.8. The number of hydrogen-bond acceptors (Lipinski definition) is 3. The number of para-hydroxylation sites is 1. The fourth-order valence-electron chi connectivity index (χ4n) is 2.63. The van der Waals surface area contributed by atoms with Gasteiger partial charge >= 0.3 is 0 Å². The van der Waals surface area contributed by atoms with Crippen LogP contribution in [0.2, 0.25) is 0 Å². The normalized spacial score (nSPS) is 10.2. The Morgan fingerprint density at radius 2 is 1.64 bits per heavy atom. The molecule has 2 amide bonds. The summed E-state index contributed by atoms with van der Waals surface area (Å²) in [4.78, 5) is 23.9. The lowest BCUT2D eigenvalue weighted by Gasteiger charge is -2.12. The van der Waals surface area contributed by atoms with Gasteiger partial charge in [0.2, 0.25) is 5.91 Å². The van der Waals surface area contributed by atoms with Crippen LogP contribution in [0.15, 0.2) is 72.8 Å². The van der Waals surface area contributed by atoms with Crippen molar-refractivity contribution in [2.45, 2.75) is 13.5 Å². The van der Waals surface area contributed by atoms with Crippen molar-refractivity contribution >= 4 is 23.2 Å². The summed E-state index contributed by atoms with van der Waals surface area (Å²) in [5.41, 5.74) is 1.54. The van der Waals surface area contributed by atoms with Crippen molar-refractivity contribution in [2.75, 3.05) is 10.6 Å². The van der Waals surface area contributed by atoms with E-state index in [9.17, 15) is 14.0 Å². The van der Waals surface area contributed by atoms with Crippen LogP contribution in [0.4, 0.5) is 15.8 Å². The van der Waals surface area contributed by atoms with Crippen LogP contribution in [0, 0.1) is 5.82 Å². The first kappa shape index (κ1) is 19.1. The van der Waals surface area contributed by atoms with E-state index in [0.29, 0.717) is 22.6 Å². The minimum absolute atomic E-state index is 0.00555. The number of anilines is 2. The summed E-state index contributed by atoms with van der Waals surface area (Å²) in [6.07, 6.45) is 0. The maximum Gasteiger partial charge on any atom is 0.256 e. The summed E-state index contributed by atoms with van der Waals surface area (Å²) < 4.78 is 19.5. The predicted molar refractivity (Wildman–Crippen MR) is 106 cm³/mol. The van der Waals surface area contributed by atoms with Crippen LogP contribution in [0.3, 0.4) is 0 Å². The van der Waals surface area contributed by atoms with Crippen LogP contribution < -0.4 is 15.4 Å². The molecule has 0 aromatic heterocycles. The maximum atomic E-state index is 13.8. The van der Waals surface area contributed by atoms with Gasteiger partial charge in [-0.15, -0.1) is 0 Å². The molecule has 3 aromatic carbocycles. The standard InChI is InChI=1S/C22H19FN2O3/c1-15(26)24-21-13-17(11-12-20(21)23)25-22(27)19-10-6-5-7-16(19)14-28-18-8-3-2-4-9-18/h2-13H,14H2,1H3,(H,24,26)(H,25,27). The van der Waals surface area contributed by atoms with Gasteiger partial charge in [0.25, 0.3) is 5.91 Å². The second-order valence-corrected chi connectivity index (χ2v) is 6.09. The fourth-order valence-corrected chi connectivity index (χ4v) is 2.63. The summed E-state index contributed by atoms with van der Waals surface area (Å²) in [6, 6.07) is 20.4. The van der Waals surface area contributed by atoms with E-state index < -0.39 is 11.7 Å². The van der Waals surface area contributed by atoms with E-state index in [1.165, 1.54) is 25.1 Å². The molecule has 5 nitrogen and oxygen atoms in total. The SMILES string of the molecule is CC(=O)Nc1cc(NC(=O)c2ccccc2COc2ccccc2)ccc1F. The van der Waals surface area contributed by atoms with Crippen molar-refractivity contribution in [3.8, 4) is 5.75 Å². The molecule has 0 unspecified atom stereocenters. The van der Waals surface area contributed by atoms with Crippen molar-refractivity contribution in [3.05, 3.63) is 89.7 Å². The van der Waals surface area contributed by atoms with Gasteiger partial charge in [0, 0.05) is 23.7 Å². The molecule has 6 heteroatoms. The zero-order valence-corrected chi connectivity index (χ0v) is 15.2. The van der Waals surface area contributed by atoms with E-state index in [-0.39, 0.29) is 18.2 Å². The highest BCUT2D eigenvalue weighted by atomic mass is 19.1. The number of benzene rings is 3. The molecule has 0 aliphatic carbocycles. The smallest absolute Gasteiger partial charge is 0.256 e. The van der Waals surface area contributed by atoms with Gasteiger partial charge in [-0.25, -0.2) is 4.39 Å². The summed E-state index contributed by atoms with van der Waals surface area (Å²) in [5, 5.41) is 5.12. The first-order valence-corrected chi connectivity index (χ1v) is 8.67. The molecule has 0 saturated heterocycles. The van der Waals surface area contributed by atoms with Crippen LogP contribution in [-0.4, -0.2) is 11.8 Å². The van der Waals surface area contributed by atoms with E-state index >= 15 is 0 Å². The number of carbonyl (C=O) groups excluding carboxylic acids is 2. The second kappa shape index (κ2) is 8.81. The first-order chi connectivity index (χ1) is 13.5. The summed E-state index contributed by atoms with van der Waals surface area (Å²) in [6.45, 7) is 1.52. The molecule has 0 saturated carbocycles. The topological polar surface area (TPSA) is 67.4 Å². The first-order valence-electron chi connectivity index (χ1n) is 8.67. The Morgan fingerprint density at radius 3 is 2.39 bits per heavy atom. The number of rotatable bonds is 6. The van der Waals surface area contributed by atoms with Crippen LogP contribution in [0.25, 0.3) is 0 Å². The van der Waals surface area contributed by atoms with Crippen LogP contribution in [0.5, 0.6) is 5.75 Å². The van der Waals surface area contributed by atoms with Crippen molar-refractivity contribution in [2.24, 2.45) is 0 Å². The largest absolute Gasteiger partial charge is 0.489 e. The van der Waals surface area contributed by atoms with Gasteiger partial charge in [-0.1, -0.05) is 36.4 Å². The molecule has 0 aliphatic heterocycles. The molecule has 3 rings (SSSR count). The Hall–Kier alpha value is -3.67. The summed E-state index contributed by atoms with van der Waals surface area (Å²) in [5.74, 6) is -0.625. The number of nitrogens with one attached hydrogen (secondary N) is 2. The van der Waals surface area contributed by atoms with Crippen LogP contribution >= 0.6 is 0 Å². The third kappa shape index (κ3) is 4.94. The summed E-state index contributed by atoms with van der Waals surface area (Å²) in [7, 11) is 0. The molecular weight excluding hydrogens is 359 g/mol. The number of carbonyl (C=O) groups is 2. The van der Waals surface area contributed by atoms with E-state index in [1.54, 1.807) is 12.1 Å². The molecule has 0 bridgehead atoms. The molecule has 142 valence electrons. The quantitative estimate of drug-likeness (QED) is 0.658. The predicted octanol–water partition coefficient (Wildman–Crippen LogP) is 4.62. The number of halogens is 1. The molecule has 0 fully saturated rings. The number of ether oxygens (including phenoxy) is 1. The number of hydrogen-bond donors (Lipinski definition) is 2. The van der Waals surface area contributed by atoms with E-state index in [0.717, 1.165) is 0 Å². The number of amides is 2. The molecule has 0 atom stereocenters. The van der Waals surface area contributed by atoms with Gasteiger partial charge < -0.3 is 15.4 Å². The van der Waals surface area contributed by atoms with Crippen LogP contribution in [-0.2, 0) is 11.4 Å². The van der Waals surface area contributed by atoms with Gasteiger partial charge in [-0.3, -0.25) is 9.59 Å². The van der Waals surface area contributed by atoms with E-state index in [2.05, 4.69) is 10.6 Å². The molecule has 0 spiro atoms. The zero-order valence-electron chi connectivity index (χ0n) is 15.2. The van der Waals surface area contributed by atoms with Crippen molar-refractivity contribution in [3.63, 3.8) is 0 Å². The Kier molecular flexibility index (Phi) is 6.01. The van der Waals surface area contributed by atoms with Gasteiger partial charge in [0.05, 0.1) is 5.69 Å². The van der Waals surface area contributed by atoms with Gasteiger partial charge in [-0.05, 0) is 36.4 Å². The van der Waals surface area contributed by atoms with Crippen molar-refractivity contribution in [1.82, 2.24) is 0 Å². The van der Waals surface area contributed by atoms with Crippen molar-refractivity contribution < 1.29 is 18.7 Å². The van der Waals surface area contributed by atoms with Gasteiger partial charge in [0.15, 0.2) is 0 Å². The highest BCUT2D eigenvalue weighted by Crippen LogP contribution is 2.21. The minimum atomic E-state index is -0.579. The molecule has 0 aliphatic rings. The average molecular weight is 378 g/mol. The van der Waals surface area contributed by atoms with E-state index in [1.807, 2.05) is 42.5 Å². The lowest BCUT2D eigenvalue weighted by molar-refractivity contribution is -0.114. The molecule has 28 heavy (non-hydrogen) atoms. The minimum Gasteiger partial charge on any atom is -0.489 e. The highest BCUT2D eigenvalue weighted by molar-refractivity contribution is 6.05. The third-order valence-corrected chi connectivity index (χ3v) is 3.93. The Labute approximate surface area is 162 Å². The molecule has 3 aromatic rings. The van der Waals surface area contributed by atoms with Gasteiger partial charge in [0.1, 0.15) is 18.2 Å². The average Bonchev–Trinajstić information content (AvgIpc) is 2.69. The lowest BCUT2D eigenvalue weighted by atomic mass is 10.1.